The van der Waals surface area contributed by atoms with Gasteiger partial charge in [-0.05, 0) is 60.6 Å². The first-order valence-corrected chi connectivity index (χ1v) is 14.0. The Hall–Kier alpha value is -4.01. The topological polar surface area (TPSA) is 158 Å². The van der Waals surface area contributed by atoms with Crippen molar-refractivity contribution in [1.29, 1.82) is 0 Å². The zero-order valence-corrected chi connectivity index (χ0v) is 26.7. The molecule has 1 unspecified atom stereocenters. The molecule has 0 aliphatic heterocycles. The monoisotopic (exact) mass is 654 g/mol. The molecule has 1 aromatic carbocycles. The van der Waals surface area contributed by atoms with Crippen molar-refractivity contribution in [1.82, 2.24) is 20.0 Å². The van der Waals surface area contributed by atoms with E-state index in [1.807, 2.05) is 0 Å². The number of imide groups is 1. The van der Waals surface area contributed by atoms with Crippen LogP contribution in [0.1, 0.15) is 70.6 Å². The van der Waals surface area contributed by atoms with Crippen molar-refractivity contribution in [3.8, 4) is 5.75 Å². The van der Waals surface area contributed by atoms with Crippen LogP contribution in [-0.4, -0.2) is 61.0 Å². The van der Waals surface area contributed by atoms with E-state index in [0.29, 0.717) is 4.90 Å². The normalized spacial score (nSPS) is 12.3. The second-order valence-electron chi connectivity index (χ2n) is 11.4. The van der Waals surface area contributed by atoms with E-state index in [9.17, 15) is 18.8 Å². The zero-order valence-electron chi connectivity index (χ0n) is 25.1. The summed E-state index contributed by atoms with van der Waals surface area (Å²) < 4.78 is 32.7. The Morgan fingerprint density at radius 3 is 2.25 bits per heavy atom. The van der Waals surface area contributed by atoms with Gasteiger partial charge in [-0.25, -0.2) is 14.0 Å². The number of rotatable bonds is 8. The number of hydrogen-bond donors (Lipinski definition) is 2. The number of ether oxygens (including phenoxy) is 3. The number of anilines is 2. The first-order valence-electron chi connectivity index (χ1n) is 13.3. The standard InChI is InChI=1S/C28H33Cl2FN6O7/c1-15(21-17(29)8-9-18(31)22(21)30)42-20-12-19(24(39)33-16-13-32-36(14-16)10-11-38)34-35-23(20)37(25(40)43-27(2,3)4)26(41)44-28(5,6)7/h8-9,12-15,38H,10-11H2,1-7H3,(H,33,39). The van der Waals surface area contributed by atoms with Crippen LogP contribution in [0.25, 0.3) is 0 Å². The van der Waals surface area contributed by atoms with E-state index in [-0.39, 0.29) is 45.9 Å². The van der Waals surface area contributed by atoms with Crippen molar-refractivity contribution in [2.75, 3.05) is 16.8 Å². The number of amides is 3. The smallest absolute Gasteiger partial charge is 0.425 e. The highest BCUT2D eigenvalue weighted by atomic mass is 35.5. The van der Waals surface area contributed by atoms with Gasteiger partial charge in [0.2, 0.25) is 5.82 Å². The number of halogens is 3. The molecule has 2 aromatic heterocycles. The largest absolute Gasteiger partial charge is 0.482 e. The van der Waals surface area contributed by atoms with E-state index < -0.39 is 47.0 Å². The maximum Gasteiger partial charge on any atom is 0.425 e. The third kappa shape index (κ3) is 9.00. The molecule has 0 aliphatic carbocycles. The van der Waals surface area contributed by atoms with Crippen molar-refractivity contribution in [2.24, 2.45) is 0 Å². The Morgan fingerprint density at radius 2 is 1.68 bits per heavy atom. The highest BCUT2D eigenvalue weighted by molar-refractivity contribution is 6.36. The van der Waals surface area contributed by atoms with Gasteiger partial charge in [0.25, 0.3) is 5.91 Å². The first kappa shape index (κ1) is 34.5. The summed E-state index contributed by atoms with van der Waals surface area (Å²) in [7, 11) is 0. The van der Waals surface area contributed by atoms with Gasteiger partial charge < -0.3 is 24.6 Å². The summed E-state index contributed by atoms with van der Waals surface area (Å²) in [5.74, 6) is -2.33. The van der Waals surface area contributed by atoms with Crippen molar-refractivity contribution in [3.05, 3.63) is 57.7 Å². The van der Waals surface area contributed by atoms with Gasteiger partial charge in [-0.3, -0.25) is 9.48 Å². The Labute approximate surface area is 263 Å². The summed E-state index contributed by atoms with van der Waals surface area (Å²) >= 11 is 12.5. The first-order chi connectivity index (χ1) is 20.4. The van der Waals surface area contributed by atoms with Crippen molar-refractivity contribution >= 4 is 52.8 Å². The van der Waals surface area contributed by atoms with Gasteiger partial charge in [0.05, 0.1) is 30.1 Å². The number of aliphatic hydroxyl groups excluding tert-OH is 1. The van der Waals surface area contributed by atoms with Gasteiger partial charge >= 0.3 is 12.2 Å². The van der Waals surface area contributed by atoms with Gasteiger partial charge in [-0.1, -0.05) is 23.2 Å². The summed E-state index contributed by atoms with van der Waals surface area (Å²) in [6.45, 7) is 11.1. The minimum absolute atomic E-state index is 0.0551. The summed E-state index contributed by atoms with van der Waals surface area (Å²) in [5, 5.41) is 23.4. The van der Waals surface area contributed by atoms with Crippen molar-refractivity contribution in [2.45, 2.75) is 72.3 Å². The molecule has 0 aliphatic rings. The fourth-order valence-electron chi connectivity index (χ4n) is 3.60. The molecule has 238 valence electrons. The molecule has 3 rings (SSSR count). The predicted molar refractivity (Wildman–Crippen MR) is 160 cm³/mol. The molecule has 1 atom stereocenters. The number of nitrogens with one attached hydrogen (secondary N) is 1. The molecular formula is C28H33Cl2FN6O7. The molecule has 3 aromatic rings. The fraction of sp³-hybridized carbons (Fsp3) is 0.429. The minimum atomic E-state index is -1.17. The van der Waals surface area contributed by atoms with E-state index in [2.05, 4.69) is 20.6 Å². The van der Waals surface area contributed by atoms with E-state index in [1.165, 1.54) is 30.1 Å². The molecule has 3 amide bonds. The molecule has 16 heteroatoms. The lowest BCUT2D eigenvalue weighted by Crippen LogP contribution is -2.44. The Morgan fingerprint density at radius 1 is 1.07 bits per heavy atom. The van der Waals surface area contributed by atoms with Crippen LogP contribution in [0.2, 0.25) is 10.0 Å². The molecule has 0 bridgehead atoms. The van der Waals surface area contributed by atoms with Crippen molar-refractivity contribution < 1.29 is 38.1 Å². The number of carbonyl (C=O) groups excluding carboxylic acids is 3. The highest BCUT2D eigenvalue weighted by Crippen LogP contribution is 2.38. The van der Waals surface area contributed by atoms with E-state index in [0.717, 1.165) is 12.1 Å². The molecule has 0 saturated carbocycles. The predicted octanol–water partition coefficient (Wildman–Crippen LogP) is 6.18. The van der Waals surface area contributed by atoms with E-state index >= 15 is 0 Å². The molecular weight excluding hydrogens is 622 g/mol. The number of aliphatic hydroxyl groups is 1. The lowest BCUT2D eigenvalue weighted by atomic mass is 10.1. The molecule has 0 spiro atoms. The van der Waals surface area contributed by atoms with Gasteiger partial charge in [-0.2, -0.15) is 10.00 Å². The minimum Gasteiger partial charge on any atom is -0.482 e. The number of aromatic nitrogens is 4. The molecule has 0 saturated heterocycles. The quantitative estimate of drug-likeness (QED) is 0.269. The lowest BCUT2D eigenvalue weighted by molar-refractivity contribution is 0.0425. The summed E-state index contributed by atoms with van der Waals surface area (Å²) in [6.07, 6.45) is -0.603. The number of carbonyl (C=O) groups is 3. The van der Waals surface area contributed by atoms with Crippen LogP contribution in [0.5, 0.6) is 5.75 Å². The highest BCUT2D eigenvalue weighted by Gasteiger charge is 2.37. The van der Waals surface area contributed by atoms with Crippen LogP contribution >= 0.6 is 23.2 Å². The molecule has 44 heavy (non-hydrogen) atoms. The van der Waals surface area contributed by atoms with Gasteiger partial charge in [0.1, 0.15) is 23.1 Å². The maximum absolute atomic E-state index is 14.3. The molecule has 2 N–H and O–H groups in total. The number of benzene rings is 1. The Balaban J connectivity index is 2.13. The average molecular weight is 656 g/mol. The number of nitrogens with zero attached hydrogens (tertiary/aromatic N) is 5. The molecule has 0 radical (unpaired) electrons. The molecule has 0 fully saturated rings. The summed E-state index contributed by atoms with van der Waals surface area (Å²) in [6, 6.07) is 3.49. The SMILES string of the molecule is CC(Oc1cc(C(=O)Nc2cnn(CCO)c2)nnc1N(C(=O)OC(C)(C)C)C(=O)OC(C)(C)C)c1c(Cl)ccc(F)c1Cl. The van der Waals surface area contributed by atoms with Gasteiger partial charge in [0, 0.05) is 22.8 Å². The zero-order chi connectivity index (χ0) is 33.0. The van der Waals surface area contributed by atoms with Crippen LogP contribution in [-0.2, 0) is 16.0 Å². The van der Waals surface area contributed by atoms with Gasteiger partial charge in [0.15, 0.2) is 11.4 Å². The van der Waals surface area contributed by atoms with Crippen LogP contribution in [0.4, 0.5) is 25.5 Å². The molecule has 13 nitrogen and oxygen atoms in total. The summed E-state index contributed by atoms with van der Waals surface area (Å²) in [4.78, 5) is 40.3. The fourth-order valence-corrected chi connectivity index (χ4v) is 4.27. The molecule has 2 heterocycles. The average Bonchev–Trinajstić information content (AvgIpc) is 3.32. The number of hydrogen-bond acceptors (Lipinski definition) is 10. The second kappa shape index (κ2) is 13.7. The third-order valence-electron chi connectivity index (χ3n) is 5.35. The van der Waals surface area contributed by atoms with Crippen LogP contribution in [0, 0.1) is 5.82 Å². The summed E-state index contributed by atoms with van der Waals surface area (Å²) in [5.41, 5.74) is -2.04. The van der Waals surface area contributed by atoms with Crippen LogP contribution < -0.4 is 15.0 Å². The third-order valence-corrected chi connectivity index (χ3v) is 6.06. The van der Waals surface area contributed by atoms with Crippen LogP contribution in [0.15, 0.2) is 30.6 Å². The van der Waals surface area contributed by atoms with E-state index in [1.54, 1.807) is 41.5 Å². The maximum atomic E-state index is 14.3. The Bertz CT molecular complexity index is 1510. The lowest BCUT2D eigenvalue weighted by Gasteiger charge is -2.29. The van der Waals surface area contributed by atoms with Crippen LogP contribution in [0.3, 0.4) is 0 Å². The second-order valence-corrected chi connectivity index (χ2v) is 12.2. The van der Waals surface area contributed by atoms with E-state index in [4.69, 9.17) is 42.5 Å². The van der Waals surface area contributed by atoms with Crippen molar-refractivity contribution in [3.63, 3.8) is 0 Å². The Kier molecular flexibility index (Phi) is 10.8. The van der Waals surface area contributed by atoms with Gasteiger partial charge in [-0.15, -0.1) is 10.2 Å².